The number of benzene rings is 1. The second-order valence-electron chi connectivity index (χ2n) is 4.47. The minimum atomic E-state index is -0.208. The van der Waals surface area contributed by atoms with Crippen LogP contribution in [0.2, 0.25) is 10.0 Å². The zero-order valence-corrected chi connectivity index (χ0v) is 13.1. The summed E-state index contributed by atoms with van der Waals surface area (Å²) in [5.41, 5.74) is 1.17. The topological polar surface area (TPSA) is 59.0 Å². The lowest BCUT2D eigenvalue weighted by molar-refractivity contribution is 0.639. The highest BCUT2D eigenvalue weighted by Gasteiger charge is 2.08. The van der Waals surface area contributed by atoms with E-state index in [2.05, 4.69) is 15.7 Å². The Morgan fingerprint density at radius 3 is 2.57 bits per heavy atom. The van der Waals surface area contributed by atoms with Crippen LogP contribution in [0.15, 0.2) is 35.3 Å². The molecular weight excluding hydrogens is 311 g/mol. The van der Waals surface area contributed by atoms with E-state index in [-0.39, 0.29) is 12.1 Å². The third-order valence-corrected chi connectivity index (χ3v) is 3.65. The summed E-state index contributed by atoms with van der Waals surface area (Å²) < 4.78 is 1.33. The van der Waals surface area contributed by atoms with Crippen LogP contribution in [0.5, 0.6) is 0 Å². The van der Waals surface area contributed by atoms with Gasteiger partial charge in [0.05, 0.1) is 18.4 Å². The fraction of sp³-hybridized carbons (Fsp3) is 0.286. The first-order chi connectivity index (χ1) is 10.1. The Kier molecular flexibility index (Phi) is 5.61. The van der Waals surface area contributed by atoms with Gasteiger partial charge in [-0.15, -0.1) is 0 Å². The number of likely N-dealkylation sites (N-methyl/N-ethyl adjacent to an activating group) is 1. The minimum absolute atomic E-state index is 0.208. The molecule has 0 atom stereocenters. The maximum Gasteiger partial charge on any atom is 0.269 e. The second kappa shape index (κ2) is 7.45. The standard InChI is InChI=1S/C14H16Cl2N4O/c1-17-5-6-18-10-7-14(21)20(19-8-10)9-11-12(15)3-2-4-13(11)16/h2-4,7-8,17-18H,5-6,9H2,1H3. The third kappa shape index (κ3) is 4.20. The number of aromatic nitrogens is 2. The molecule has 1 aromatic carbocycles. The van der Waals surface area contributed by atoms with Gasteiger partial charge in [0.15, 0.2) is 0 Å². The van der Waals surface area contributed by atoms with Gasteiger partial charge in [0.1, 0.15) is 0 Å². The summed E-state index contributed by atoms with van der Waals surface area (Å²) in [4.78, 5) is 12.1. The molecule has 0 unspecified atom stereocenters. The van der Waals surface area contributed by atoms with Crippen LogP contribution in [-0.4, -0.2) is 29.9 Å². The Balaban J connectivity index is 2.16. The summed E-state index contributed by atoms with van der Waals surface area (Å²) in [6.07, 6.45) is 1.61. The van der Waals surface area contributed by atoms with E-state index >= 15 is 0 Å². The lowest BCUT2D eigenvalue weighted by Crippen LogP contribution is -2.24. The van der Waals surface area contributed by atoms with Crippen LogP contribution >= 0.6 is 23.2 Å². The molecule has 2 rings (SSSR count). The monoisotopic (exact) mass is 326 g/mol. The first-order valence-corrected chi connectivity index (χ1v) is 7.26. The number of rotatable bonds is 6. The lowest BCUT2D eigenvalue weighted by atomic mass is 10.2. The van der Waals surface area contributed by atoms with Crippen molar-refractivity contribution in [3.8, 4) is 0 Å². The minimum Gasteiger partial charge on any atom is -0.382 e. The first-order valence-electron chi connectivity index (χ1n) is 6.50. The molecule has 0 bridgehead atoms. The quantitative estimate of drug-likeness (QED) is 0.799. The van der Waals surface area contributed by atoms with Gasteiger partial charge in [-0.05, 0) is 19.2 Å². The number of nitrogens with one attached hydrogen (secondary N) is 2. The van der Waals surface area contributed by atoms with Gasteiger partial charge in [0.25, 0.3) is 5.56 Å². The zero-order chi connectivity index (χ0) is 15.2. The van der Waals surface area contributed by atoms with Gasteiger partial charge in [0.2, 0.25) is 0 Å². The Bertz CT molecular complexity index is 652. The molecule has 1 aromatic heterocycles. The summed E-state index contributed by atoms with van der Waals surface area (Å²) >= 11 is 12.2. The summed E-state index contributed by atoms with van der Waals surface area (Å²) in [6.45, 7) is 1.77. The van der Waals surface area contributed by atoms with E-state index in [9.17, 15) is 4.79 Å². The molecule has 0 fully saturated rings. The summed E-state index contributed by atoms with van der Waals surface area (Å²) in [7, 11) is 1.87. The van der Waals surface area contributed by atoms with E-state index in [0.29, 0.717) is 21.3 Å². The van der Waals surface area contributed by atoms with E-state index < -0.39 is 0 Å². The highest BCUT2D eigenvalue weighted by Crippen LogP contribution is 2.24. The molecule has 0 saturated carbocycles. The second-order valence-corrected chi connectivity index (χ2v) is 5.29. The molecule has 1 heterocycles. The predicted molar refractivity (Wildman–Crippen MR) is 86.5 cm³/mol. The van der Waals surface area contributed by atoms with Gasteiger partial charge >= 0.3 is 0 Å². The molecule has 21 heavy (non-hydrogen) atoms. The van der Waals surface area contributed by atoms with Gasteiger partial charge < -0.3 is 10.6 Å². The zero-order valence-electron chi connectivity index (χ0n) is 11.6. The van der Waals surface area contributed by atoms with Crippen molar-refractivity contribution in [1.82, 2.24) is 15.1 Å². The Morgan fingerprint density at radius 2 is 1.95 bits per heavy atom. The molecule has 2 N–H and O–H groups in total. The summed E-state index contributed by atoms with van der Waals surface area (Å²) in [5.74, 6) is 0. The van der Waals surface area contributed by atoms with Gasteiger partial charge in [0, 0.05) is 34.8 Å². The highest BCUT2D eigenvalue weighted by atomic mass is 35.5. The van der Waals surface area contributed by atoms with E-state index in [1.807, 2.05) is 7.05 Å². The van der Waals surface area contributed by atoms with Crippen molar-refractivity contribution in [2.75, 3.05) is 25.5 Å². The van der Waals surface area contributed by atoms with Crippen molar-refractivity contribution < 1.29 is 0 Å². The number of anilines is 1. The summed E-state index contributed by atoms with van der Waals surface area (Å²) in [6, 6.07) is 6.75. The molecule has 7 heteroatoms. The maximum absolute atomic E-state index is 12.1. The average Bonchev–Trinajstić information content (AvgIpc) is 2.45. The molecule has 0 radical (unpaired) electrons. The predicted octanol–water partition coefficient (Wildman–Crippen LogP) is 2.23. The normalized spacial score (nSPS) is 10.6. The number of nitrogens with zero attached hydrogens (tertiary/aromatic N) is 2. The van der Waals surface area contributed by atoms with Crippen molar-refractivity contribution in [3.63, 3.8) is 0 Å². The molecular formula is C14H16Cl2N4O. The smallest absolute Gasteiger partial charge is 0.269 e. The molecule has 0 aliphatic carbocycles. The molecule has 0 amide bonds. The van der Waals surface area contributed by atoms with Crippen molar-refractivity contribution in [1.29, 1.82) is 0 Å². The average molecular weight is 327 g/mol. The third-order valence-electron chi connectivity index (χ3n) is 2.94. The lowest BCUT2D eigenvalue weighted by Gasteiger charge is -2.10. The van der Waals surface area contributed by atoms with Crippen LogP contribution in [0.25, 0.3) is 0 Å². The summed E-state index contributed by atoms with van der Waals surface area (Å²) in [5, 5.41) is 11.3. The van der Waals surface area contributed by atoms with Crippen LogP contribution in [0.4, 0.5) is 5.69 Å². The van der Waals surface area contributed by atoms with Gasteiger partial charge in [-0.3, -0.25) is 4.79 Å². The Hall–Kier alpha value is -1.56. The maximum atomic E-state index is 12.1. The van der Waals surface area contributed by atoms with Crippen molar-refractivity contribution >= 4 is 28.9 Å². The molecule has 2 aromatic rings. The van der Waals surface area contributed by atoms with Gasteiger partial charge in [-0.2, -0.15) is 5.10 Å². The molecule has 0 spiro atoms. The fourth-order valence-corrected chi connectivity index (χ4v) is 2.33. The largest absolute Gasteiger partial charge is 0.382 e. The van der Waals surface area contributed by atoms with Crippen LogP contribution in [-0.2, 0) is 6.54 Å². The Labute approximate surface area is 132 Å². The number of hydrogen-bond acceptors (Lipinski definition) is 4. The van der Waals surface area contributed by atoms with Crippen LogP contribution in [0.3, 0.4) is 0 Å². The van der Waals surface area contributed by atoms with Gasteiger partial charge in [-0.25, -0.2) is 4.68 Å². The molecule has 112 valence electrons. The fourth-order valence-electron chi connectivity index (χ4n) is 1.81. The van der Waals surface area contributed by atoms with E-state index in [1.54, 1.807) is 24.4 Å². The first kappa shape index (κ1) is 15.8. The molecule has 0 aliphatic heterocycles. The molecule has 0 aliphatic rings. The van der Waals surface area contributed by atoms with E-state index in [1.165, 1.54) is 10.7 Å². The highest BCUT2D eigenvalue weighted by molar-refractivity contribution is 6.35. The van der Waals surface area contributed by atoms with Crippen LogP contribution in [0.1, 0.15) is 5.56 Å². The SMILES string of the molecule is CNCCNc1cnn(Cc2c(Cl)cccc2Cl)c(=O)c1. The molecule has 0 saturated heterocycles. The van der Waals surface area contributed by atoms with E-state index in [0.717, 1.165) is 13.1 Å². The molecule has 5 nitrogen and oxygen atoms in total. The van der Waals surface area contributed by atoms with Crippen molar-refractivity contribution in [2.24, 2.45) is 0 Å². The Morgan fingerprint density at radius 1 is 1.24 bits per heavy atom. The van der Waals surface area contributed by atoms with Crippen molar-refractivity contribution in [2.45, 2.75) is 6.54 Å². The number of hydrogen-bond donors (Lipinski definition) is 2. The van der Waals surface area contributed by atoms with Crippen LogP contribution < -0.4 is 16.2 Å². The number of halogens is 2. The van der Waals surface area contributed by atoms with Gasteiger partial charge in [-0.1, -0.05) is 29.3 Å². The van der Waals surface area contributed by atoms with Crippen molar-refractivity contribution in [3.05, 3.63) is 56.4 Å². The van der Waals surface area contributed by atoms with Crippen LogP contribution in [0, 0.1) is 0 Å². The van der Waals surface area contributed by atoms with E-state index in [4.69, 9.17) is 23.2 Å².